The number of fused-ring (bicyclic) bond motifs is 1. The smallest absolute Gasteiger partial charge is 0.371 e. The topological polar surface area (TPSA) is 132 Å². The van der Waals surface area contributed by atoms with Gasteiger partial charge in [-0.15, -0.1) is 0 Å². The van der Waals surface area contributed by atoms with Crippen molar-refractivity contribution >= 4 is 29.0 Å². The van der Waals surface area contributed by atoms with Crippen LogP contribution >= 0.6 is 0 Å². The number of pyridine rings is 1. The SMILES string of the molecule is COc1cc(/C=N\NC(=O)COc2cccc3cccnc23)ccc1OCc1ccc(C(=O)O)o1. The van der Waals surface area contributed by atoms with Crippen LogP contribution in [0.15, 0.2) is 76.4 Å². The summed E-state index contributed by atoms with van der Waals surface area (Å²) in [5.74, 6) is -0.0166. The first-order chi connectivity index (χ1) is 17.0. The van der Waals surface area contributed by atoms with E-state index in [4.69, 9.17) is 23.7 Å². The van der Waals surface area contributed by atoms with Gasteiger partial charge < -0.3 is 23.7 Å². The number of hydrogen-bond acceptors (Lipinski definition) is 8. The summed E-state index contributed by atoms with van der Waals surface area (Å²) in [5, 5.41) is 13.8. The van der Waals surface area contributed by atoms with Crippen molar-refractivity contribution in [2.75, 3.05) is 13.7 Å². The van der Waals surface area contributed by atoms with E-state index in [9.17, 15) is 9.59 Å². The fourth-order valence-electron chi connectivity index (χ4n) is 3.15. The molecule has 1 amide bonds. The second-order valence-electron chi connectivity index (χ2n) is 7.18. The zero-order valence-corrected chi connectivity index (χ0v) is 18.6. The molecule has 0 spiro atoms. The fraction of sp³-hybridized carbons (Fsp3) is 0.120. The maximum atomic E-state index is 12.1. The maximum absolute atomic E-state index is 12.1. The number of rotatable bonds is 10. The number of benzene rings is 2. The Kier molecular flexibility index (Phi) is 7.22. The molecule has 0 unspecified atom stereocenters. The number of carboxylic acid groups (broad SMARTS) is 1. The van der Waals surface area contributed by atoms with Crippen LogP contribution in [0.2, 0.25) is 0 Å². The Morgan fingerprint density at radius 3 is 2.71 bits per heavy atom. The predicted molar refractivity (Wildman–Crippen MR) is 126 cm³/mol. The van der Waals surface area contributed by atoms with Gasteiger partial charge in [-0.2, -0.15) is 5.10 Å². The first-order valence-corrected chi connectivity index (χ1v) is 10.4. The van der Waals surface area contributed by atoms with Crippen LogP contribution < -0.4 is 19.6 Å². The number of furan rings is 1. The highest BCUT2D eigenvalue weighted by Crippen LogP contribution is 2.28. The third kappa shape index (κ3) is 5.93. The van der Waals surface area contributed by atoms with Crippen molar-refractivity contribution in [2.24, 2.45) is 5.10 Å². The summed E-state index contributed by atoms with van der Waals surface area (Å²) in [4.78, 5) is 27.3. The number of para-hydroxylation sites is 1. The molecule has 0 fully saturated rings. The molecular weight excluding hydrogens is 454 g/mol. The summed E-state index contributed by atoms with van der Waals surface area (Å²) in [6.45, 7) is -0.196. The molecule has 0 aliphatic rings. The van der Waals surface area contributed by atoms with Gasteiger partial charge in [0.2, 0.25) is 5.76 Å². The molecule has 4 rings (SSSR count). The maximum Gasteiger partial charge on any atom is 0.371 e. The van der Waals surface area contributed by atoms with E-state index in [1.54, 1.807) is 30.5 Å². The lowest BCUT2D eigenvalue weighted by molar-refractivity contribution is -0.123. The van der Waals surface area contributed by atoms with Crippen LogP contribution in [0.1, 0.15) is 21.9 Å². The number of amides is 1. The average Bonchev–Trinajstić information content (AvgIpc) is 3.36. The first kappa shape index (κ1) is 23.3. The van der Waals surface area contributed by atoms with Crippen LogP contribution in [0.5, 0.6) is 17.2 Å². The van der Waals surface area contributed by atoms with E-state index in [0.717, 1.165) is 5.39 Å². The van der Waals surface area contributed by atoms with Crippen molar-refractivity contribution in [3.8, 4) is 17.2 Å². The highest BCUT2D eigenvalue weighted by molar-refractivity contribution is 5.86. The van der Waals surface area contributed by atoms with Crippen molar-refractivity contribution in [3.05, 3.63) is 83.9 Å². The molecule has 10 nitrogen and oxygen atoms in total. The van der Waals surface area contributed by atoms with Crippen molar-refractivity contribution in [1.82, 2.24) is 10.4 Å². The largest absolute Gasteiger partial charge is 0.493 e. The molecule has 10 heteroatoms. The predicted octanol–water partition coefficient (Wildman–Crippen LogP) is 3.64. The summed E-state index contributed by atoms with van der Waals surface area (Å²) in [7, 11) is 1.49. The Balaban J connectivity index is 1.31. The van der Waals surface area contributed by atoms with E-state index in [1.165, 1.54) is 25.5 Å². The van der Waals surface area contributed by atoms with Crippen LogP contribution in [0, 0.1) is 0 Å². The Morgan fingerprint density at radius 2 is 1.91 bits per heavy atom. The molecule has 0 saturated heterocycles. The van der Waals surface area contributed by atoms with Crippen LogP contribution in [-0.4, -0.2) is 41.9 Å². The van der Waals surface area contributed by atoms with Gasteiger partial charge in [-0.25, -0.2) is 10.2 Å². The summed E-state index contributed by atoms with van der Waals surface area (Å²) in [5.41, 5.74) is 3.74. The van der Waals surface area contributed by atoms with Crippen LogP contribution in [0.3, 0.4) is 0 Å². The van der Waals surface area contributed by atoms with Gasteiger partial charge in [-0.1, -0.05) is 18.2 Å². The fourth-order valence-corrected chi connectivity index (χ4v) is 3.15. The minimum atomic E-state index is -1.15. The normalized spacial score (nSPS) is 10.9. The molecule has 2 N–H and O–H groups in total. The van der Waals surface area contributed by atoms with Gasteiger partial charge in [0.15, 0.2) is 18.1 Å². The van der Waals surface area contributed by atoms with Crippen LogP contribution in [0.4, 0.5) is 0 Å². The van der Waals surface area contributed by atoms with Crippen molar-refractivity contribution in [1.29, 1.82) is 0 Å². The number of nitrogens with zero attached hydrogens (tertiary/aromatic N) is 2. The van der Waals surface area contributed by atoms with Crippen molar-refractivity contribution in [3.63, 3.8) is 0 Å². The number of methoxy groups -OCH3 is 1. The zero-order valence-electron chi connectivity index (χ0n) is 18.6. The lowest BCUT2D eigenvalue weighted by atomic mass is 10.2. The number of carbonyl (C=O) groups excluding carboxylic acids is 1. The van der Waals surface area contributed by atoms with E-state index in [0.29, 0.717) is 34.1 Å². The molecule has 35 heavy (non-hydrogen) atoms. The zero-order chi connectivity index (χ0) is 24.6. The number of nitrogens with one attached hydrogen (secondary N) is 1. The number of aromatic nitrogens is 1. The second-order valence-corrected chi connectivity index (χ2v) is 7.18. The highest BCUT2D eigenvalue weighted by atomic mass is 16.5. The summed E-state index contributed by atoms with van der Waals surface area (Å²) < 4.78 is 21.8. The summed E-state index contributed by atoms with van der Waals surface area (Å²) >= 11 is 0. The summed E-state index contributed by atoms with van der Waals surface area (Å²) in [6, 6.07) is 17.2. The molecule has 2 aromatic heterocycles. The Morgan fingerprint density at radius 1 is 1.06 bits per heavy atom. The standard InChI is InChI=1S/C25H21N3O7/c1-32-22-12-16(7-9-19(22)33-14-18-8-10-21(35-18)25(30)31)13-27-28-23(29)15-34-20-6-2-4-17-5-3-11-26-24(17)20/h2-13H,14-15H2,1H3,(H,28,29)(H,30,31)/b27-13-. The Bertz CT molecular complexity index is 1380. The van der Waals surface area contributed by atoms with E-state index >= 15 is 0 Å². The van der Waals surface area contributed by atoms with Gasteiger partial charge in [0.1, 0.15) is 23.6 Å². The lowest BCUT2D eigenvalue weighted by Crippen LogP contribution is -2.24. The van der Waals surface area contributed by atoms with Gasteiger partial charge in [0, 0.05) is 11.6 Å². The number of carbonyl (C=O) groups is 2. The van der Waals surface area contributed by atoms with Crippen LogP contribution in [0.25, 0.3) is 10.9 Å². The molecule has 2 aromatic carbocycles. The van der Waals surface area contributed by atoms with E-state index < -0.39 is 11.9 Å². The first-order valence-electron chi connectivity index (χ1n) is 10.4. The quantitative estimate of drug-likeness (QED) is 0.262. The highest BCUT2D eigenvalue weighted by Gasteiger charge is 2.11. The Hall–Kier alpha value is -4.86. The number of ether oxygens (including phenoxy) is 3. The minimum absolute atomic E-state index is 0.0271. The monoisotopic (exact) mass is 475 g/mol. The van der Waals surface area contributed by atoms with Gasteiger partial charge in [-0.05, 0) is 48.0 Å². The minimum Gasteiger partial charge on any atom is -0.493 e. The van der Waals surface area contributed by atoms with Gasteiger partial charge in [0.25, 0.3) is 5.91 Å². The van der Waals surface area contributed by atoms with Gasteiger partial charge in [-0.3, -0.25) is 9.78 Å². The lowest BCUT2D eigenvalue weighted by Gasteiger charge is -2.10. The molecular formula is C25H21N3O7. The van der Waals surface area contributed by atoms with E-state index in [1.807, 2.05) is 24.3 Å². The van der Waals surface area contributed by atoms with Crippen molar-refractivity contribution < 1.29 is 33.3 Å². The molecule has 178 valence electrons. The third-order valence-corrected chi connectivity index (χ3v) is 4.79. The number of aromatic carboxylic acids is 1. The van der Waals surface area contributed by atoms with Crippen molar-refractivity contribution in [2.45, 2.75) is 6.61 Å². The molecule has 0 aliphatic heterocycles. The van der Waals surface area contributed by atoms with E-state index in [2.05, 4.69) is 15.5 Å². The van der Waals surface area contributed by atoms with Gasteiger partial charge in [0.05, 0.1) is 13.3 Å². The molecule has 0 aliphatic carbocycles. The van der Waals surface area contributed by atoms with Crippen LogP contribution in [-0.2, 0) is 11.4 Å². The van der Waals surface area contributed by atoms with Gasteiger partial charge >= 0.3 is 5.97 Å². The average molecular weight is 475 g/mol. The number of hydrogen-bond donors (Lipinski definition) is 2. The Labute approximate surface area is 199 Å². The molecule has 0 atom stereocenters. The molecule has 0 bridgehead atoms. The third-order valence-electron chi connectivity index (χ3n) is 4.79. The molecule has 2 heterocycles. The molecule has 4 aromatic rings. The number of carboxylic acids is 1. The van der Waals surface area contributed by atoms with E-state index in [-0.39, 0.29) is 19.0 Å². The molecule has 0 radical (unpaired) electrons. The second kappa shape index (κ2) is 10.8. The number of hydrazone groups is 1. The molecule has 0 saturated carbocycles. The summed E-state index contributed by atoms with van der Waals surface area (Å²) in [6.07, 6.45) is 3.12.